The van der Waals surface area contributed by atoms with Crippen molar-refractivity contribution >= 4 is 49.8 Å². The molecule has 2 aromatic heterocycles. The second-order valence-electron chi connectivity index (χ2n) is 12.4. The molecule has 1 fully saturated rings. The normalized spacial score (nSPS) is 14.7. The van der Waals surface area contributed by atoms with E-state index in [1.54, 1.807) is 27.8 Å². The Hall–Kier alpha value is -4.39. The first-order valence-electron chi connectivity index (χ1n) is 15.0. The Kier molecular flexibility index (Phi) is 9.19. The lowest BCUT2D eigenvalue weighted by Gasteiger charge is -2.37. The lowest BCUT2D eigenvalue weighted by atomic mass is 10.2. The summed E-state index contributed by atoms with van der Waals surface area (Å²) >= 11 is 0. The zero-order valence-electron chi connectivity index (χ0n) is 26.1. The molecular weight excluding hydrogens is 596 g/mol. The quantitative estimate of drug-likeness (QED) is 0.243. The molecule has 0 spiro atoms. The first-order chi connectivity index (χ1) is 21.3. The minimum Gasteiger partial charge on any atom is -0.445 e. The van der Waals surface area contributed by atoms with Crippen LogP contribution >= 0.6 is 0 Å². The molecule has 5 rings (SSSR count). The molecule has 3 heterocycles. The molecule has 13 heteroatoms. The molecule has 1 aliphatic heterocycles. The number of fused-ring (bicyclic) bond motifs is 3. The predicted molar refractivity (Wildman–Crippen MR) is 172 cm³/mol. The largest absolute Gasteiger partial charge is 0.445 e. The van der Waals surface area contributed by atoms with Crippen LogP contribution in [-0.2, 0) is 39.0 Å². The van der Waals surface area contributed by atoms with Crippen molar-refractivity contribution in [1.29, 1.82) is 0 Å². The molecule has 0 aliphatic carbocycles. The molecule has 0 saturated carbocycles. The van der Waals surface area contributed by atoms with E-state index in [0.717, 1.165) is 22.0 Å². The fourth-order valence-corrected chi connectivity index (χ4v) is 6.82. The van der Waals surface area contributed by atoms with Gasteiger partial charge in [0.15, 0.2) is 15.7 Å². The number of rotatable bonds is 10. The van der Waals surface area contributed by atoms with E-state index in [9.17, 15) is 18.0 Å². The maximum atomic E-state index is 13.0. The third-order valence-corrected chi connectivity index (χ3v) is 9.36. The number of para-hydroxylation sites is 1. The van der Waals surface area contributed by atoms with Crippen LogP contribution in [0.3, 0.4) is 0 Å². The SMILES string of the molecule is CN(Cc1nc2c(N)nc3ccccc3c2n1CCCCN(C(=O)OC(C)(C)C)C1CS(=O)(=O)C1)C(=O)OCc1ccccc1. The van der Waals surface area contributed by atoms with Gasteiger partial charge in [0.05, 0.1) is 35.1 Å². The van der Waals surface area contributed by atoms with Gasteiger partial charge in [0.25, 0.3) is 0 Å². The van der Waals surface area contributed by atoms with Gasteiger partial charge in [-0.1, -0.05) is 48.5 Å². The van der Waals surface area contributed by atoms with Crippen LogP contribution in [0.5, 0.6) is 0 Å². The van der Waals surface area contributed by atoms with Gasteiger partial charge in [-0.25, -0.2) is 28.0 Å². The number of carbonyl (C=O) groups is 2. The highest BCUT2D eigenvalue weighted by Gasteiger charge is 2.41. The van der Waals surface area contributed by atoms with Crippen LogP contribution in [0.2, 0.25) is 0 Å². The summed E-state index contributed by atoms with van der Waals surface area (Å²) in [6.45, 7) is 6.52. The summed E-state index contributed by atoms with van der Waals surface area (Å²) in [6.07, 6.45) is 0.215. The number of ether oxygens (including phenoxy) is 2. The van der Waals surface area contributed by atoms with Gasteiger partial charge in [0, 0.05) is 25.5 Å². The van der Waals surface area contributed by atoms with Crippen molar-refractivity contribution in [3.8, 4) is 0 Å². The average Bonchev–Trinajstić information content (AvgIpc) is 3.33. The Bertz CT molecular complexity index is 1790. The number of nitrogens with zero attached hydrogens (tertiary/aromatic N) is 5. The number of nitrogens with two attached hydrogens (primary N) is 1. The molecular formula is C32H40N6O6S. The van der Waals surface area contributed by atoms with E-state index in [4.69, 9.17) is 20.2 Å². The highest BCUT2D eigenvalue weighted by molar-refractivity contribution is 7.92. The molecule has 4 aromatic rings. The molecule has 1 aliphatic rings. The fourth-order valence-electron chi connectivity index (χ4n) is 5.39. The molecule has 2 N–H and O–H groups in total. The van der Waals surface area contributed by atoms with Crippen LogP contribution in [0, 0.1) is 0 Å². The van der Waals surface area contributed by atoms with E-state index in [1.165, 1.54) is 9.80 Å². The molecule has 2 amide bonds. The Labute approximate surface area is 263 Å². The van der Waals surface area contributed by atoms with E-state index in [1.807, 2.05) is 59.2 Å². The molecule has 45 heavy (non-hydrogen) atoms. The number of pyridine rings is 1. The Morgan fingerprint density at radius 3 is 2.38 bits per heavy atom. The van der Waals surface area contributed by atoms with E-state index >= 15 is 0 Å². The number of imidazole rings is 1. The van der Waals surface area contributed by atoms with E-state index in [-0.39, 0.29) is 24.7 Å². The number of sulfone groups is 1. The van der Waals surface area contributed by atoms with Crippen LogP contribution in [0.25, 0.3) is 21.9 Å². The van der Waals surface area contributed by atoms with Crippen LogP contribution < -0.4 is 5.73 Å². The lowest BCUT2D eigenvalue weighted by molar-refractivity contribution is 0.0181. The molecule has 240 valence electrons. The van der Waals surface area contributed by atoms with Gasteiger partial charge in [0.1, 0.15) is 23.5 Å². The van der Waals surface area contributed by atoms with Gasteiger partial charge in [-0.05, 0) is 45.2 Å². The fraction of sp³-hybridized carbons (Fsp3) is 0.438. The topological polar surface area (TPSA) is 150 Å². The summed E-state index contributed by atoms with van der Waals surface area (Å²) < 4.78 is 37.0. The maximum absolute atomic E-state index is 13.0. The van der Waals surface area contributed by atoms with Gasteiger partial charge < -0.3 is 29.6 Å². The highest BCUT2D eigenvalue weighted by Crippen LogP contribution is 2.30. The third kappa shape index (κ3) is 7.64. The van der Waals surface area contributed by atoms with Crippen molar-refractivity contribution in [1.82, 2.24) is 24.3 Å². The van der Waals surface area contributed by atoms with Crippen molar-refractivity contribution in [2.45, 2.75) is 65.0 Å². The van der Waals surface area contributed by atoms with Crippen molar-refractivity contribution in [2.75, 3.05) is 30.8 Å². The number of hydrogen-bond acceptors (Lipinski definition) is 9. The number of carbonyl (C=O) groups excluding carboxylic acids is 2. The van der Waals surface area contributed by atoms with Gasteiger partial charge in [-0.3, -0.25) is 0 Å². The second kappa shape index (κ2) is 12.9. The maximum Gasteiger partial charge on any atom is 0.410 e. The molecule has 1 saturated heterocycles. The average molecular weight is 637 g/mol. The van der Waals surface area contributed by atoms with Crippen molar-refractivity contribution in [2.24, 2.45) is 0 Å². The summed E-state index contributed by atoms with van der Waals surface area (Å²) in [6, 6.07) is 16.7. The number of aryl methyl sites for hydroxylation is 1. The number of anilines is 1. The third-order valence-electron chi connectivity index (χ3n) is 7.58. The smallest absolute Gasteiger partial charge is 0.410 e. The van der Waals surface area contributed by atoms with Gasteiger partial charge in [0.2, 0.25) is 0 Å². The Balaban J connectivity index is 1.35. The lowest BCUT2D eigenvalue weighted by Crippen LogP contribution is -2.56. The number of hydrogen-bond donors (Lipinski definition) is 1. The second-order valence-corrected chi connectivity index (χ2v) is 14.6. The molecule has 12 nitrogen and oxygen atoms in total. The van der Waals surface area contributed by atoms with E-state index < -0.39 is 33.7 Å². The number of aromatic nitrogens is 3. The van der Waals surface area contributed by atoms with Crippen molar-refractivity contribution in [3.05, 3.63) is 66.0 Å². The summed E-state index contributed by atoms with van der Waals surface area (Å²) in [5.74, 6) is 0.782. The zero-order chi connectivity index (χ0) is 32.4. The van der Waals surface area contributed by atoms with Crippen molar-refractivity contribution < 1.29 is 27.5 Å². The number of unbranched alkanes of at least 4 members (excludes halogenated alkanes) is 1. The van der Waals surface area contributed by atoms with Crippen molar-refractivity contribution in [3.63, 3.8) is 0 Å². The summed E-state index contributed by atoms with van der Waals surface area (Å²) in [4.78, 5) is 38.3. The highest BCUT2D eigenvalue weighted by atomic mass is 32.2. The molecule has 0 bridgehead atoms. The summed E-state index contributed by atoms with van der Waals surface area (Å²) in [7, 11) is -1.48. The standard InChI is InChI=1S/C32H40N6O6S/c1-32(2,3)44-31(40)37(23-20-45(41,42)21-23)16-10-11-17-38-26(18-36(4)30(39)43-19-22-12-6-5-7-13-22)35-27-28(38)24-14-8-9-15-25(24)34-29(27)33/h5-9,12-15,23H,10-11,16-21H2,1-4H3,(H2,33,34). The van der Waals surface area contributed by atoms with Gasteiger partial charge in [-0.2, -0.15) is 0 Å². The van der Waals surface area contributed by atoms with E-state index in [0.29, 0.717) is 43.1 Å². The first-order valence-corrected chi connectivity index (χ1v) is 16.8. The van der Waals surface area contributed by atoms with Gasteiger partial charge >= 0.3 is 12.2 Å². The molecule has 0 radical (unpaired) electrons. The Morgan fingerprint density at radius 1 is 1.00 bits per heavy atom. The van der Waals surface area contributed by atoms with Crippen LogP contribution in [0.1, 0.15) is 45.0 Å². The molecule has 0 unspecified atom stereocenters. The molecule has 2 aromatic carbocycles. The predicted octanol–water partition coefficient (Wildman–Crippen LogP) is 4.75. The van der Waals surface area contributed by atoms with Crippen LogP contribution in [0.15, 0.2) is 54.6 Å². The summed E-state index contributed by atoms with van der Waals surface area (Å²) in [5.41, 5.74) is 8.64. The Morgan fingerprint density at radius 2 is 1.69 bits per heavy atom. The number of amides is 2. The first kappa shape index (κ1) is 32.0. The number of benzene rings is 2. The zero-order valence-corrected chi connectivity index (χ0v) is 26.9. The van der Waals surface area contributed by atoms with Crippen LogP contribution in [0.4, 0.5) is 15.4 Å². The van der Waals surface area contributed by atoms with Gasteiger partial charge in [-0.15, -0.1) is 0 Å². The molecule has 0 atom stereocenters. The minimum atomic E-state index is -3.13. The monoisotopic (exact) mass is 636 g/mol. The minimum absolute atomic E-state index is 0.0620. The summed E-state index contributed by atoms with van der Waals surface area (Å²) in [5, 5.41) is 0.879. The van der Waals surface area contributed by atoms with E-state index in [2.05, 4.69) is 4.98 Å². The number of nitrogen functional groups attached to an aromatic ring is 1. The van der Waals surface area contributed by atoms with Crippen LogP contribution in [-0.4, -0.2) is 81.7 Å².